The zero-order chi connectivity index (χ0) is 12.0. The second-order valence-corrected chi connectivity index (χ2v) is 4.48. The van der Waals surface area contributed by atoms with Crippen molar-refractivity contribution in [3.8, 4) is 11.5 Å². The number of hydrogen-bond donors (Lipinski definition) is 0. The van der Waals surface area contributed by atoms with E-state index in [1.807, 2.05) is 24.3 Å². The minimum Gasteiger partial charge on any atom is -0.456 e. The summed E-state index contributed by atoms with van der Waals surface area (Å²) in [4.78, 5) is 0. The van der Waals surface area contributed by atoms with Crippen molar-refractivity contribution in [3.05, 3.63) is 65.2 Å². The molecule has 3 rings (SSSR count). The highest BCUT2D eigenvalue weighted by molar-refractivity contribution is 5.89. The number of benzene rings is 2. The van der Waals surface area contributed by atoms with Gasteiger partial charge in [0.2, 0.25) is 0 Å². The van der Waals surface area contributed by atoms with Crippen LogP contribution in [-0.2, 0) is 0 Å². The van der Waals surface area contributed by atoms with Gasteiger partial charge in [0, 0.05) is 11.1 Å². The van der Waals surface area contributed by atoms with E-state index >= 15 is 0 Å². The topological polar surface area (TPSA) is 9.23 Å². The molecule has 0 saturated carbocycles. The van der Waals surface area contributed by atoms with Gasteiger partial charge in [-0.2, -0.15) is 0 Å². The van der Waals surface area contributed by atoms with Crippen LogP contribution in [0.15, 0.2) is 43.0 Å². The van der Waals surface area contributed by atoms with Gasteiger partial charge in [0.15, 0.2) is 0 Å². The standard InChI is InChI=1S/C16H14O/c1-10-6-4-8-13-15(10)12(3)16-11(2)7-5-9-14(16)17-13/h4-9H,3H2,1-2H3. The second kappa shape index (κ2) is 3.49. The number of rotatable bonds is 0. The largest absolute Gasteiger partial charge is 0.456 e. The van der Waals surface area contributed by atoms with Gasteiger partial charge in [-0.1, -0.05) is 30.8 Å². The van der Waals surface area contributed by atoms with Crippen molar-refractivity contribution in [2.75, 3.05) is 0 Å². The molecule has 0 N–H and O–H groups in total. The quantitative estimate of drug-likeness (QED) is 0.545. The summed E-state index contributed by atoms with van der Waals surface area (Å²) in [6.07, 6.45) is 0. The van der Waals surface area contributed by atoms with Crippen LogP contribution < -0.4 is 4.74 Å². The highest BCUT2D eigenvalue weighted by Gasteiger charge is 2.22. The maximum absolute atomic E-state index is 5.95. The van der Waals surface area contributed by atoms with E-state index in [2.05, 4.69) is 32.6 Å². The number of hydrogen-bond acceptors (Lipinski definition) is 1. The summed E-state index contributed by atoms with van der Waals surface area (Å²) in [5, 5.41) is 0. The van der Waals surface area contributed by atoms with Gasteiger partial charge >= 0.3 is 0 Å². The van der Waals surface area contributed by atoms with Crippen molar-refractivity contribution in [2.45, 2.75) is 13.8 Å². The van der Waals surface area contributed by atoms with Crippen LogP contribution in [0.4, 0.5) is 0 Å². The molecule has 1 aliphatic heterocycles. The van der Waals surface area contributed by atoms with Crippen molar-refractivity contribution in [2.24, 2.45) is 0 Å². The lowest BCUT2D eigenvalue weighted by Crippen LogP contribution is -2.04. The molecule has 17 heavy (non-hydrogen) atoms. The van der Waals surface area contributed by atoms with Crippen molar-refractivity contribution >= 4 is 5.57 Å². The molecule has 0 fully saturated rings. The fourth-order valence-electron chi connectivity index (χ4n) is 2.47. The van der Waals surface area contributed by atoms with E-state index in [0.29, 0.717) is 0 Å². The molecule has 0 unspecified atom stereocenters. The number of fused-ring (bicyclic) bond motifs is 2. The second-order valence-electron chi connectivity index (χ2n) is 4.48. The van der Waals surface area contributed by atoms with Crippen molar-refractivity contribution in [1.29, 1.82) is 0 Å². The molecule has 0 radical (unpaired) electrons. The van der Waals surface area contributed by atoms with Crippen LogP contribution in [0, 0.1) is 13.8 Å². The van der Waals surface area contributed by atoms with Crippen molar-refractivity contribution in [1.82, 2.24) is 0 Å². The van der Waals surface area contributed by atoms with E-state index in [-0.39, 0.29) is 0 Å². The van der Waals surface area contributed by atoms with Crippen LogP contribution in [0.2, 0.25) is 0 Å². The van der Waals surface area contributed by atoms with Crippen LogP contribution in [0.5, 0.6) is 11.5 Å². The molecule has 1 heterocycles. The Kier molecular flexibility index (Phi) is 2.08. The maximum atomic E-state index is 5.95. The first kappa shape index (κ1) is 10.2. The molecule has 2 aromatic carbocycles. The molecular weight excluding hydrogens is 208 g/mol. The third-order valence-electron chi connectivity index (χ3n) is 3.29. The Balaban J connectivity index is 2.30. The molecule has 1 aliphatic rings. The maximum Gasteiger partial charge on any atom is 0.135 e. The Morgan fingerprint density at radius 3 is 1.76 bits per heavy atom. The Morgan fingerprint density at radius 2 is 1.29 bits per heavy atom. The zero-order valence-corrected chi connectivity index (χ0v) is 10.1. The summed E-state index contributed by atoms with van der Waals surface area (Å²) >= 11 is 0. The fourth-order valence-corrected chi connectivity index (χ4v) is 2.47. The van der Waals surface area contributed by atoms with Gasteiger partial charge in [-0.3, -0.25) is 0 Å². The lowest BCUT2D eigenvalue weighted by Gasteiger charge is -2.25. The van der Waals surface area contributed by atoms with Crippen LogP contribution >= 0.6 is 0 Å². The predicted molar refractivity (Wildman–Crippen MR) is 70.6 cm³/mol. The zero-order valence-electron chi connectivity index (χ0n) is 10.1. The van der Waals surface area contributed by atoms with E-state index in [1.54, 1.807) is 0 Å². The molecule has 0 bridgehead atoms. The van der Waals surface area contributed by atoms with Gasteiger partial charge in [0.25, 0.3) is 0 Å². The Hall–Kier alpha value is -2.02. The normalized spacial score (nSPS) is 12.7. The lowest BCUT2D eigenvalue weighted by atomic mass is 9.90. The van der Waals surface area contributed by atoms with Gasteiger partial charge in [-0.05, 0) is 42.7 Å². The third kappa shape index (κ3) is 1.39. The molecule has 0 saturated heterocycles. The smallest absolute Gasteiger partial charge is 0.135 e. The molecular formula is C16H14O. The molecule has 0 spiro atoms. The van der Waals surface area contributed by atoms with Gasteiger partial charge in [0.05, 0.1) is 0 Å². The van der Waals surface area contributed by atoms with Gasteiger partial charge < -0.3 is 4.74 Å². The van der Waals surface area contributed by atoms with Crippen LogP contribution in [-0.4, -0.2) is 0 Å². The predicted octanol–water partition coefficient (Wildman–Crippen LogP) is 4.47. The summed E-state index contributed by atoms with van der Waals surface area (Å²) in [7, 11) is 0. The molecule has 0 aromatic heterocycles. The average Bonchev–Trinajstić information content (AvgIpc) is 2.28. The van der Waals surface area contributed by atoms with E-state index in [1.165, 1.54) is 11.1 Å². The molecule has 84 valence electrons. The SMILES string of the molecule is C=C1c2c(C)cccc2Oc2cccc(C)c21. The highest BCUT2D eigenvalue weighted by atomic mass is 16.5. The van der Waals surface area contributed by atoms with Gasteiger partial charge in [0.1, 0.15) is 11.5 Å². The number of aryl methyl sites for hydroxylation is 2. The minimum absolute atomic E-state index is 0.910. The van der Waals surface area contributed by atoms with Crippen molar-refractivity contribution < 1.29 is 4.74 Å². The molecule has 2 aromatic rings. The summed E-state index contributed by atoms with van der Waals surface area (Å²) < 4.78 is 5.95. The molecule has 1 nitrogen and oxygen atoms in total. The third-order valence-corrected chi connectivity index (χ3v) is 3.29. The lowest BCUT2D eigenvalue weighted by molar-refractivity contribution is 0.473. The summed E-state index contributed by atoms with van der Waals surface area (Å²) in [5.74, 6) is 1.82. The summed E-state index contributed by atoms with van der Waals surface area (Å²) in [5.41, 5.74) is 5.75. The van der Waals surface area contributed by atoms with Crippen molar-refractivity contribution in [3.63, 3.8) is 0 Å². The van der Waals surface area contributed by atoms with Gasteiger partial charge in [-0.25, -0.2) is 0 Å². The highest BCUT2D eigenvalue weighted by Crippen LogP contribution is 2.45. The van der Waals surface area contributed by atoms with Crippen LogP contribution in [0.3, 0.4) is 0 Å². The first-order chi connectivity index (χ1) is 8.18. The molecule has 1 heteroatoms. The molecule has 0 atom stereocenters. The first-order valence-electron chi connectivity index (χ1n) is 5.75. The Morgan fingerprint density at radius 1 is 0.824 bits per heavy atom. The average molecular weight is 222 g/mol. The minimum atomic E-state index is 0.910. The molecule has 0 aliphatic carbocycles. The Bertz CT molecular complexity index is 570. The number of ether oxygens (including phenoxy) is 1. The van der Waals surface area contributed by atoms with E-state index in [0.717, 1.165) is 28.2 Å². The fraction of sp³-hybridized carbons (Fsp3) is 0.125. The van der Waals surface area contributed by atoms with E-state index in [9.17, 15) is 0 Å². The summed E-state index contributed by atoms with van der Waals surface area (Å²) in [6, 6.07) is 12.2. The molecule has 0 amide bonds. The Labute approximate surface area is 101 Å². The van der Waals surface area contributed by atoms with E-state index in [4.69, 9.17) is 4.74 Å². The summed E-state index contributed by atoms with van der Waals surface area (Å²) in [6.45, 7) is 8.43. The monoisotopic (exact) mass is 222 g/mol. The first-order valence-corrected chi connectivity index (χ1v) is 5.75. The van der Waals surface area contributed by atoms with E-state index < -0.39 is 0 Å². The van der Waals surface area contributed by atoms with Crippen LogP contribution in [0.1, 0.15) is 22.3 Å². The van der Waals surface area contributed by atoms with Gasteiger partial charge in [-0.15, -0.1) is 0 Å². The van der Waals surface area contributed by atoms with Crippen LogP contribution in [0.25, 0.3) is 5.57 Å².